The van der Waals surface area contributed by atoms with Gasteiger partial charge in [0.2, 0.25) is 5.91 Å². The molecule has 0 aromatic heterocycles. The first-order valence-electron chi connectivity index (χ1n) is 9.23. The van der Waals surface area contributed by atoms with E-state index in [9.17, 15) is 4.79 Å². The summed E-state index contributed by atoms with van der Waals surface area (Å²) in [6.45, 7) is 4.77. The summed E-state index contributed by atoms with van der Waals surface area (Å²) >= 11 is 0. The molecule has 2 aliphatic carbocycles. The number of hydrogen-bond donors (Lipinski definition) is 2. The number of fused-ring (bicyclic) bond motifs is 2. The Morgan fingerprint density at radius 2 is 1.96 bits per heavy atom. The van der Waals surface area contributed by atoms with Crippen molar-refractivity contribution in [3.63, 3.8) is 0 Å². The smallest absolute Gasteiger partial charge is 0.237 e. The summed E-state index contributed by atoms with van der Waals surface area (Å²) in [5, 5.41) is 6.55. The van der Waals surface area contributed by atoms with Gasteiger partial charge in [-0.2, -0.15) is 0 Å². The number of carbonyl (C=O) groups excluding carboxylic acids is 1. The normalized spacial score (nSPS) is 27.7. The molecule has 4 nitrogen and oxygen atoms in total. The lowest BCUT2D eigenvalue weighted by Gasteiger charge is -2.30. The van der Waals surface area contributed by atoms with E-state index in [1.807, 2.05) is 31.2 Å². The van der Waals surface area contributed by atoms with Crippen LogP contribution in [0.25, 0.3) is 0 Å². The summed E-state index contributed by atoms with van der Waals surface area (Å²) in [6.07, 6.45) is 5.57. The van der Waals surface area contributed by atoms with Crippen molar-refractivity contribution in [3.8, 4) is 5.75 Å². The Hall–Kier alpha value is -1.55. The van der Waals surface area contributed by atoms with Crippen LogP contribution in [0.15, 0.2) is 24.3 Å². The van der Waals surface area contributed by atoms with Crippen molar-refractivity contribution in [2.45, 2.75) is 58.2 Å². The molecule has 2 N–H and O–H groups in total. The Balaban J connectivity index is 1.44. The second kappa shape index (κ2) is 7.56. The Bertz CT molecular complexity index is 557. The fourth-order valence-corrected chi connectivity index (χ4v) is 4.59. The predicted octanol–water partition coefficient (Wildman–Crippen LogP) is 3.11. The first-order chi connectivity index (χ1) is 11.6. The van der Waals surface area contributed by atoms with Gasteiger partial charge in [0.1, 0.15) is 5.75 Å². The lowest BCUT2D eigenvalue weighted by Crippen LogP contribution is -2.48. The van der Waals surface area contributed by atoms with Crippen LogP contribution in [0.1, 0.15) is 45.1 Å². The highest BCUT2D eigenvalue weighted by molar-refractivity contribution is 5.81. The molecule has 3 rings (SSSR count). The molecule has 0 heterocycles. The molecule has 2 saturated carbocycles. The number of benzene rings is 1. The predicted molar refractivity (Wildman–Crippen MR) is 95.8 cm³/mol. The molecule has 132 valence electrons. The van der Waals surface area contributed by atoms with Crippen molar-refractivity contribution >= 4 is 5.91 Å². The Morgan fingerprint density at radius 1 is 1.21 bits per heavy atom. The van der Waals surface area contributed by atoms with E-state index in [4.69, 9.17) is 4.74 Å². The van der Waals surface area contributed by atoms with Crippen molar-refractivity contribution < 1.29 is 9.53 Å². The molecule has 1 aromatic rings. The molecule has 24 heavy (non-hydrogen) atoms. The SMILES string of the molecule is COc1ccc(CNC(=O)[C@H](C)N[C@H](C)[C@@H]2C[C@H]3CC[C@H]2C3)cc1. The van der Waals surface area contributed by atoms with Gasteiger partial charge in [0.25, 0.3) is 0 Å². The van der Waals surface area contributed by atoms with Gasteiger partial charge in [-0.05, 0) is 68.6 Å². The third kappa shape index (κ3) is 3.92. The molecule has 2 fully saturated rings. The number of ether oxygens (including phenoxy) is 1. The summed E-state index contributed by atoms with van der Waals surface area (Å²) < 4.78 is 5.15. The topological polar surface area (TPSA) is 50.4 Å². The van der Waals surface area contributed by atoms with E-state index in [0.717, 1.165) is 29.1 Å². The van der Waals surface area contributed by atoms with Gasteiger partial charge in [0.05, 0.1) is 13.2 Å². The number of methoxy groups -OCH3 is 1. The molecule has 4 heteroatoms. The van der Waals surface area contributed by atoms with Crippen molar-refractivity contribution in [1.82, 2.24) is 10.6 Å². The molecular weight excluding hydrogens is 300 g/mol. The number of hydrogen-bond acceptors (Lipinski definition) is 3. The van der Waals surface area contributed by atoms with Crippen LogP contribution in [-0.4, -0.2) is 25.1 Å². The van der Waals surface area contributed by atoms with Crippen molar-refractivity contribution in [1.29, 1.82) is 0 Å². The van der Waals surface area contributed by atoms with E-state index in [-0.39, 0.29) is 11.9 Å². The molecule has 0 unspecified atom stereocenters. The minimum absolute atomic E-state index is 0.0702. The monoisotopic (exact) mass is 330 g/mol. The molecule has 5 atom stereocenters. The maximum atomic E-state index is 12.4. The quantitative estimate of drug-likeness (QED) is 0.808. The Kier molecular flexibility index (Phi) is 5.44. The maximum Gasteiger partial charge on any atom is 0.237 e. The molecule has 1 amide bonds. The largest absolute Gasteiger partial charge is 0.497 e. The van der Waals surface area contributed by atoms with Crippen molar-refractivity contribution in [2.24, 2.45) is 17.8 Å². The molecule has 1 aromatic carbocycles. The van der Waals surface area contributed by atoms with Crippen LogP contribution < -0.4 is 15.4 Å². The third-order valence-corrected chi connectivity index (χ3v) is 5.97. The molecule has 0 spiro atoms. The lowest BCUT2D eigenvalue weighted by atomic mass is 9.84. The molecule has 2 aliphatic rings. The van der Waals surface area contributed by atoms with Gasteiger partial charge < -0.3 is 15.4 Å². The van der Waals surface area contributed by atoms with E-state index in [0.29, 0.717) is 12.6 Å². The first-order valence-corrected chi connectivity index (χ1v) is 9.23. The van der Waals surface area contributed by atoms with Crippen molar-refractivity contribution in [3.05, 3.63) is 29.8 Å². The van der Waals surface area contributed by atoms with Crippen LogP contribution in [0.2, 0.25) is 0 Å². The van der Waals surface area contributed by atoms with E-state index in [1.54, 1.807) is 7.11 Å². The van der Waals surface area contributed by atoms with Gasteiger partial charge in [0, 0.05) is 12.6 Å². The second-order valence-corrected chi connectivity index (χ2v) is 7.58. The third-order valence-electron chi connectivity index (χ3n) is 5.97. The molecule has 0 radical (unpaired) electrons. The molecule has 2 bridgehead atoms. The summed E-state index contributed by atoms with van der Waals surface area (Å²) in [4.78, 5) is 12.4. The summed E-state index contributed by atoms with van der Waals surface area (Å²) in [7, 11) is 1.65. The lowest BCUT2D eigenvalue weighted by molar-refractivity contribution is -0.123. The number of nitrogens with one attached hydrogen (secondary N) is 2. The highest BCUT2D eigenvalue weighted by Gasteiger charge is 2.42. The minimum atomic E-state index is -0.155. The van der Waals surface area contributed by atoms with Crippen LogP contribution in [0.3, 0.4) is 0 Å². The summed E-state index contributed by atoms with van der Waals surface area (Å²) in [5.74, 6) is 3.48. The van der Waals surface area contributed by atoms with Crippen LogP contribution >= 0.6 is 0 Å². The van der Waals surface area contributed by atoms with Crippen LogP contribution in [0.4, 0.5) is 0 Å². The zero-order valence-corrected chi connectivity index (χ0v) is 15.0. The van der Waals surface area contributed by atoms with Gasteiger partial charge in [0.15, 0.2) is 0 Å². The van der Waals surface area contributed by atoms with E-state index in [1.165, 1.54) is 25.7 Å². The molecular formula is C20H30N2O2. The Labute approximate surface area is 145 Å². The maximum absolute atomic E-state index is 12.4. The zero-order chi connectivity index (χ0) is 17.1. The fraction of sp³-hybridized carbons (Fsp3) is 0.650. The first kappa shape index (κ1) is 17.3. The number of rotatable bonds is 7. The second-order valence-electron chi connectivity index (χ2n) is 7.58. The number of carbonyl (C=O) groups is 1. The molecule has 0 aliphatic heterocycles. The van der Waals surface area contributed by atoms with Crippen LogP contribution in [-0.2, 0) is 11.3 Å². The van der Waals surface area contributed by atoms with E-state index in [2.05, 4.69) is 17.6 Å². The van der Waals surface area contributed by atoms with Crippen LogP contribution in [0, 0.1) is 17.8 Å². The minimum Gasteiger partial charge on any atom is -0.497 e. The summed E-state index contributed by atoms with van der Waals surface area (Å²) in [5.41, 5.74) is 1.08. The highest BCUT2D eigenvalue weighted by Crippen LogP contribution is 2.49. The van der Waals surface area contributed by atoms with Crippen LogP contribution in [0.5, 0.6) is 5.75 Å². The molecule has 0 saturated heterocycles. The van der Waals surface area contributed by atoms with Gasteiger partial charge in [-0.25, -0.2) is 0 Å². The van der Waals surface area contributed by atoms with Gasteiger partial charge in [-0.15, -0.1) is 0 Å². The van der Waals surface area contributed by atoms with Gasteiger partial charge >= 0.3 is 0 Å². The van der Waals surface area contributed by atoms with E-state index >= 15 is 0 Å². The average molecular weight is 330 g/mol. The van der Waals surface area contributed by atoms with Crippen molar-refractivity contribution in [2.75, 3.05) is 7.11 Å². The average Bonchev–Trinajstić information content (AvgIpc) is 3.23. The highest BCUT2D eigenvalue weighted by atomic mass is 16.5. The zero-order valence-electron chi connectivity index (χ0n) is 15.0. The number of amides is 1. The Morgan fingerprint density at radius 3 is 2.54 bits per heavy atom. The fourth-order valence-electron chi connectivity index (χ4n) is 4.59. The standard InChI is InChI=1S/C20H30N2O2/c1-13(19-11-16-4-7-17(19)10-16)22-14(2)20(23)21-12-15-5-8-18(24-3)9-6-15/h5-6,8-9,13-14,16-17,19,22H,4,7,10-12H2,1-3H3,(H,21,23)/t13-,14+,16+,17+,19+/m1/s1. The van der Waals surface area contributed by atoms with Gasteiger partial charge in [-0.3, -0.25) is 4.79 Å². The summed E-state index contributed by atoms with van der Waals surface area (Å²) in [6, 6.07) is 8.06. The van der Waals surface area contributed by atoms with E-state index < -0.39 is 0 Å². The van der Waals surface area contributed by atoms with Gasteiger partial charge in [-0.1, -0.05) is 18.6 Å².